The van der Waals surface area contributed by atoms with Crippen molar-refractivity contribution in [2.75, 3.05) is 0 Å². The Morgan fingerprint density at radius 1 is 2.00 bits per heavy atom. The summed E-state index contributed by atoms with van der Waals surface area (Å²) in [6.45, 7) is 1.74. The van der Waals surface area contributed by atoms with Crippen LogP contribution in [0.25, 0.3) is 0 Å². The van der Waals surface area contributed by atoms with E-state index in [1.165, 1.54) is 0 Å². The SMILES string of the molecule is CCC(C=N)C(=O)O. The highest BCUT2D eigenvalue weighted by Crippen LogP contribution is 1.96. The zero-order chi connectivity index (χ0) is 6.57. The molecule has 1 atom stereocenters. The quantitative estimate of drug-likeness (QED) is 0.533. The van der Waals surface area contributed by atoms with Gasteiger partial charge in [-0.05, 0) is 6.42 Å². The number of aliphatic carboxylic acids is 1. The lowest BCUT2D eigenvalue weighted by molar-refractivity contribution is -0.139. The molecule has 0 aliphatic rings. The van der Waals surface area contributed by atoms with Gasteiger partial charge in [0.2, 0.25) is 0 Å². The topological polar surface area (TPSA) is 61.2 Å². The Bertz CT molecular complexity index is 101. The second-order valence-corrected chi connectivity index (χ2v) is 1.52. The third kappa shape index (κ3) is 1.73. The molecule has 8 heavy (non-hydrogen) atoms. The van der Waals surface area contributed by atoms with Crippen LogP contribution >= 0.6 is 0 Å². The van der Waals surface area contributed by atoms with Crippen molar-refractivity contribution in [1.29, 1.82) is 5.41 Å². The minimum absolute atomic E-state index is 0.499. The molecule has 0 aliphatic heterocycles. The minimum atomic E-state index is -0.914. The first-order valence-corrected chi connectivity index (χ1v) is 2.45. The van der Waals surface area contributed by atoms with Crippen molar-refractivity contribution in [2.45, 2.75) is 13.3 Å². The van der Waals surface area contributed by atoms with E-state index >= 15 is 0 Å². The zero-order valence-corrected chi connectivity index (χ0v) is 4.72. The van der Waals surface area contributed by atoms with Crippen molar-refractivity contribution in [3.63, 3.8) is 0 Å². The summed E-state index contributed by atoms with van der Waals surface area (Å²) in [6.07, 6.45) is 1.45. The smallest absolute Gasteiger partial charge is 0.311 e. The first-order chi connectivity index (χ1) is 3.72. The predicted molar refractivity (Wildman–Crippen MR) is 30.2 cm³/mol. The molecule has 0 saturated heterocycles. The third-order valence-electron chi connectivity index (χ3n) is 0.958. The molecule has 3 heteroatoms. The van der Waals surface area contributed by atoms with Crippen molar-refractivity contribution in [2.24, 2.45) is 5.92 Å². The highest BCUT2D eigenvalue weighted by atomic mass is 16.4. The first-order valence-electron chi connectivity index (χ1n) is 2.45. The molecule has 0 aliphatic carbocycles. The maximum Gasteiger partial charge on any atom is 0.311 e. The van der Waals surface area contributed by atoms with Crippen molar-refractivity contribution in [1.82, 2.24) is 0 Å². The molecule has 0 aromatic rings. The third-order valence-corrected chi connectivity index (χ3v) is 0.958. The number of rotatable bonds is 3. The van der Waals surface area contributed by atoms with Crippen LogP contribution in [-0.4, -0.2) is 17.3 Å². The fraction of sp³-hybridized carbons (Fsp3) is 0.600. The second kappa shape index (κ2) is 3.18. The van der Waals surface area contributed by atoms with Crippen LogP contribution in [0.4, 0.5) is 0 Å². The number of carboxylic acid groups (broad SMARTS) is 1. The Hall–Kier alpha value is -0.860. The molecule has 0 heterocycles. The van der Waals surface area contributed by atoms with Gasteiger partial charge in [-0.1, -0.05) is 6.92 Å². The molecule has 46 valence electrons. The molecule has 3 nitrogen and oxygen atoms in total. The molecule has 0 bridgehead atoms. The van der Waals surface area contributed by atoms with Gasteiger partial charge in [0.15, 0.2) is 0 Å². The highest BCUT2D eigenvalue weighted by Gasteiger charge is 2.09. The maximum absolute atomic E-state index is 10.0. The summed E-state index contributed by atoms with van der Waals surface area (Å²) in [7, 11) is 0. The summed E-state index contributed by atoms with van der Waals surface area (Å²) in [4.78, 5) is 10.0. The van der Waals surface area contributed by atoms with Crippen LogP contribution in [0, 0.1) is 11.3 Å². The predicted octanol–water partition coefficient (Wildman–Crippen LogP) is 0.747. The molecule has 0 rings (SSSR count). The normalized spacial score (nSPS) is 12.6. The lowest BCUT2D eigenvalue weighted by Gasteiger charge is -1.97. The molecule has 0 spiro atoms. The molecule has 0 saturated carbocycles. The molecule has 0 aromatic carbocycles. The van der Waals surface area contributed by atoms with E-state index in [9.17, 15) is 4.79 Å². The molecule has 0 amide bonds. The van der Waals surface area contributed by atoms with Gasteiger partial charge < -0.3 is 10.5 Å². The molecule has 2 N–H and O–H groups in total. The van der Waals surface area contributed by atoms with Gasteiger partial charge in [-0.2, -0.15) is 0 Å². The van der Waals surface area contributed by atoms with E-state index in [-0.39, 0.29) is 0 Å². The Balaban J connectivity index is 3.69. The molecular weight excluding hydrogens is 106 g/mol. The largest absolute Gasteiger partial charge is 0.481 e. The number of carbonyl (C=O) groups is 1. The molecule has 1 unspecified atom stereocenters. The van der Waals surface area contributed by atoms with E-state index in [1.807, 2.05) is 0 Å². The van der Waals surface area contributed by atoms with Crippen LogP contribution in [-0.2, 0) is 4.79 Å². The lowest BCUT2D eigenvalue weighted by Crippen LogP contribution is -2.12. The summed E-state index contributed by atoms with van der Waals surface area (Å²) >= 11 is 0. The zero-order valence-electron chi connectivity index (χ0n) is 4.72. The van der Waals surface area contributed by atoms with Gasteiger partial charge >= 0.3 is 5.97 Å². The van der Waals surface area contributed by atoms with Gasteiger partial charge in [-0.25, -0.2) is 0 Å². The van der Waals surface area contributed by atoms with E-state index in [1.54, 1.807) is 6.92 Å². The first kappa shape index (κ1) is 7.14. The molecule has 0 aromatic heterocycles. The molecule has 0 fully saturated rings. The summed E-state index contributed by atoms with van der Waals surface area (Å²) in [5, 5.41) is 14.8. The van der Waals surface area contributed by atoms with Crippen molar-refractivity contribution in [3.8, 4) is 0 Å². The van der Waals surface area contributed by atoms with Crippen molar-refractivity contribution >= 4 is 12.2 Å². The Morgan fingerprint density at radius 3 is 2.50 bits per heavy atom. The Kier molecular flexibility index (Phi) is 2.84. The minimum Gasteiger partial charge on any atom is -0.481 e. The van der Waals surface area contributed by atoms with Gasteiger partial charge in [0, 0.05) is 6.21 Å². The van der Waals surface area contributed by atoms with E-state index in [4.69, 9.17) is 10.5 Å². The van der Waals surface area contributed by atoms with Gasteiger partial charge in [0.25, 0.3) is 0 Å². The van der Waals surface area contributed by atoms with Gasteiger partial charge in [0.1, 0.15) is 0 Å². The number of hydrogen-bond acceptors (Lipinski definition) is 2. The number of hydrogen-bond donors (Lipinski definition) is 2. The van der Waals surface area contributed by atoms with Crippen LogP contribution in [0.3, 0.4) is 0 Å². The average Bonchev–Trinajstić information content (AvgIpc) is 1.69. The summed E-state index contributed by atoms with van der Waals surface area (Å²) in [5.74, 6) is -1.50. The van der Waals surface area contributed by atoms with Gasteiger partial charge in [-0.3, -0.25) is 4.79 Å². The fourth-order valence-corrected chi connectivity index (χ4v) is 0.364. The molecular formula is C5H9NO2. The lowest BCUT2D eigenvalue weighted by atomic mass is 10.1. The van der Waals surface area contributed by atoms with Crippen LogP contribution in [0.1, 0.15) is 13.3 Å². The Morgan fingerprint density at radius 2 is 2.50 bits per heavy atom. The van der Waals surface area contributed by atoms with Gasteiger partial charge in [0.05, 0.1) is 5.92 Å². The van der Waals surface area contributed by atoms with Crippen LogP contribution < -0.4 is 0 Å². The van der Waals surface area contributed by atoms with E-state index in [0.29, 0.717) is 6.42 Å². The summed E-state index contributed by atoms with van der Waals surface area (Å²) in [5.41, 5.74) is 0. The van der Waals surface area contributed by atoms with Crippen LogP contribution in [0.15, 0.2) is 0 Å². The van der Waals surface area contributed by atoms with E-state index in [2.05, 4.69) is 0 Å². The van der Waals surface area contributed by atoms with Crippen molar-refractivity contribution in [3.05, 3.63) is 0 Å². The van der Waals surface area contributed by atoms with E-state index in [0.717, 1.165) is 6.21 Å². The number of nitrogens with one attached hydrogen (secondary N) is 1. The maximum atomic E-state index is 10.0. The summed E-state index contributed by atoms with van der Waals surface area (Å²) < 4.78 is 0. The van der Waals surface area contributed by atoms with Crippen LogP contribution in [0.2, 0.25) is 0 Å². The van der Waals surface area contributed by atoms with Gasteiger partial charge in [-0.15, -0.1) is 0 Å². The fourth-order valence-electron chi connectivity index (χ4n) is 0.364. The Labute approximate surface area is 47.8 Å². The standard InChI is InChI=1S/C5H9NO2/c1-2-4(3-6)5(7)8/h3-4,6H,2H2,1H3,(H,7,8). The highest BCUT2D eigenvalue weighted by molar-refractivity contribution is 5.87. The average molecular weight is 115 g/mol. The van der Waals surface area contributed by atoms with Crippen molar-refractivity contribution < 1.29 is 9.90 Å². The van der Waals surface area contributed by atoms with Crippen LogP contribution in [0.5, 0.6) is 0 Å². The second-order valence-electron chi connectivity index (χ2n) is 1.52. The number of carboxylic acids is 1. The van der Waals surface area contributed by atoms with E-state index < -0.39 is 11.9 Å². The monoisotopic (exact) mass is 115 g/mol. The molecule has 0 radical (unpaired) electrons. The summed E-state index contributed by atoms with van der Waals surface area (Å²) in [6, 6.07) is 0.